The predicted molar refractivity (Wildman–Crippen MR) is 75.6 cm³/mol. The fourth-order valence-electron chi connectivity index (χ4n) is 2.40. The third-order valence-electron chi connectivity index (χ3n) is 3.44. The first-order valence-electron chi connectivity index (χ1n) is 6.84. The van der Waals surface area contributed by atoms with Gasteiger partial charge in [-0.15, -0.1) is 0 Å². The van der Waals surface area contributed by atoms with Gasteiger partial charge in [-0.1, -0.05) is 18.2 Å². The van der Waals surface area contributed by atoms with Crippen LogP contribution in [0.1, 0.15) is 5.56 Å². The Labute approximate surface area is 117 Å². The van der Waals surface area contributed by atoms with Crippen molar-refractivity contribution in [2.45, 2.75) is 12.5 Å². The minimum absolute atomic E-state index is 0.00364. The molecule has 1 atom stereocenters. The van der Waals surface area contributed by atoms with Crippen LogP contribution in [0.4, 0.5) is 0 Å². The minimum Gasteiger partial charge on any atom is -0.376 e. The molecule has 5 nitrogen and oxygen atoms in total. The van der Waals surface area contributed by atoms with Crippen molar-refractivity contribution >= 4 is 16.8 Å². The highest BCUT2D eigenvalue weighted by Crippen LogP contribution is 2.17. The van der Waals surface area contributed by atoms with E-state index in [1.165, 1.54) is 0 Å². The van der Waals surface area contributed by atoms with Gasteiger partial charge >= 0.3 is 0 Å². The van der Waals surface area contributed by atoms with E-state index in [9.17, 15) is 4.79 Å². The summed E-state index contributed by atoms with van der Waals surface area (Å²) in [7, 11) is 0. The van der Waals surface area contributed by atoms with Crippen molar-refractivity contribution in [3.8, 4) is 0 Å². The Morgan fingerprint density at radius 3 is 3.10 bits per heavy atom. The van der Waals surface area contributed by atoms with E-state index < -0.39 is 0 Å². The molecule has 1 aliphatic heterocycles. The molecule has 2 N–H and O–H groups in total. The van der Waals surface area contributed by atoms with E-state index in [1.54, 1.807) is 0 Å². The van der Waals surface area contributed by atoms with Gasteiger partial charge < -0.3 is 19.8 Å². The molecule has 0 saturated carbocycles. The second-order valence-electron chi connectivity index (χ2n) is 4.91. The molecule has 3 rings (SSSR count). The van der Waals surface area contributed by atoms with E-state index in [0.29, 0.717) is 32.8 Å². The van der Waals surface area contributed by atoms with E-state index in [-0.39, 0.29) is 12.0 Å². The van der Waals surface area contributed by atoms with Crippen molar-refractivity contribution in [1.82, 2.24) is 10.3 Å². The van der Waals surface area contributed by atoms with Gasteiger partial charge in [-0.2, -0.15) is 0 Å². The molecule has 20 heavy (non-hydrogen) atoms. The van der Waals surface area contributed by atoms with Gasteiger partial charge in [-0.05, 0) is 11.6 Å². The lowest BCUT2D eigenvalue weighted by Gasteiger charge is -2.23. The zero-order valence-corrected chi connectivity index (χ0v) is 11.2. The van der Waals surface area contributed by atoms with Gasteiger partial charge in [0, 0.05) is 23.6 Å². The highest BCUT2D eigenvalue weighted by Gasteiger charge is 2.15. The van der Waals surface area contributed by atoms with E-state index in [4.69, 9.17) is 9.47 Å². The van der Waals surface area contributed by atoms with Crippen LogP contribution in [-0.2, 0) is 20.7 Å². The van der Waals surface area contributed by atoms with Gasteiger partial charge in [-0.3, -0.25) is 4.79 Å². The van der Waals surface area contributed by atoms with Crippen LogP contribution in [0.3, 0.4) is 0 Å². The quantitative estimate of drug-likeness (QED) is 0.881. The van der Waals surface area contributed by atoms with Gasteiger partial charge in [0.05, 0.1) is 32.3 Å². The second-order valence-corrected chi connectivity index (χ2v) is 4.91. The Morgan fingerprint density at radius 2 is 2.25 bits per heavy atom. The number of amides is 1. The summed E-state index contributed by atoms with van der Waals surface area (Å²) in [5, 5.41) is 3.99. The molecular weight excluding hydrogens is 256 g/mol. The van der Waals surface area contributed by atoms with Gasteiger partial charge in [0.15, 0.2) is 0 Å². The molecule has 106 valence electrons. The van der Waals surface area contributed by atoms with Crippen LogP contribution >= 0.6 is 0 Å². The molecule has 1 aromatic heterocycles. The van der Waals surface area contributed by atoms with Crippen LogP contribution in [0, 0.1) is 0 Å². The standard InChI is InChI=1S/C15H18N2O3/c18-15(17-9-12-10-19-5-6-20-12)7-11-8-16-14-4-2-1-3-13(11)14/h1-4,8,12,16H,5-7,9-10H2,(H,17,18). The van der Waals surface area contributed by atoms with Crippen molar-refractivity contribution in [2.75, 3.05) is 26.4 Å². The van der Waals surface area contributed by atoms with Gasteiger partial charge in [0.1, 0.15) is 0 Å². The third kappa shape index (κ3) is 3.00. The van der Waals surface area contributed by atoms with E-state index in [1.807, 2.05) is 30.5 Å². The minimum atomic E-state index is -0.0318. The highest BCUT2D eigenvalue weighted by atomic mass is 16.6. The maximum Gasteiger partial charge on any atom is 0.224 e. The number of aromatic amines is 1. The average Bonchev–Trinajstić information content (AvgIpc) is 2.90. The van der Waals surface area contributed by atoms with Crippen molar-refractivity contribution in [3.63, 3.8) is 0 Å². The lowest BCUT2D eigenvalue weighted by molar-refractivity contribution is -0.123. The number of para-hydroxylation sites is 1. The van der Waals surface area contributed by atoms with Crippen molar-refractivity contribution in [3.05, 3.63) is 36.0 Å². The summed E-state index contributed by atoms with van der Waals surface area (Å²) in [6.07, 6.45) is 2.23. The molecule has 1 amide bonds. The normalized spacial score (nSPS) is 19.1. The molecule has 0 spiro atoms. The predicted octanol–water partition coefficient (Wildman–Crippen LogP) is 1.24. The Balaban J connectivity index is 1.55. The van der Waals surface area contributed by atoms with Crippen LogP contribution < -0.4 is 5.32 Å². The highest BCUT2D eigenvalue weighted by molar-refractivity contribution is 5.88. The van der Waals surface area contributed by atoms with E-state index in [2.05, 4.69) is 10.3 Å². The molecule has 1 fully saturated rings. The Kier molecular flexibility index (Phi) is 3.99. The Morgan fingerprint density at radius 1 is 1.35 bits per heavy atom. The van der Waals surface area contributed by atoms with E-state index in [0.717, 1.165) is 16.5 Å². The maximum atomic E-state index is 12.0. The van der Waals surface area contributed by atoms with Crippen molar-refractivity contribution in [2.24, 2.45) is 0 Å². The number of fused-ring (bicyclic) bond motifs is 1. The van der Waals surface area contributed by atoms with Crippen molar-refractivity contribution < 1.29 is 14.3 Å². The van der Waals surface area contributed by atoms with Crippen LogP contribution in [-0.4, -0.2) is 43.4 Å². The monoisotopic (exact) mass is 274 g/mol. The SMILES string of the molecule is O=C(Cc1c[nH]c2ccccc12)NCC1COCCO1. The molecule has 0 radical (unpaired) electrons. The summed E-state index contributed by atoms with van der Waals surface area (Å²) in [5.41, 5.74) is 2.07. The number of ether oxygens (including phenoxy) is 2. The molecule has 2 aromatic rings. The molecule has 1 saturated heterocycles. The van der Waals surface area contributed by atoms with Crippen LogP contribution in [0.15, 0.2) is 30.5 Å². The molecule has 0 bridgehead atoms. The fraction of sp³-hybridized carbons (Fsp3) is 0.400. The summed E-state index contributed by atoms with van der Waals surface area (Å²) >= 11 is 0. The number of hydrogen-bond acceptors (Lipinski definition) is 3. The zero-order chi connectivity index (χ0) is 13.8. The van der Waals surface area contributed by atoms with E-state index >= 15 is 0 Å². The number of benzene rings is 1. The van der Waals surface area contributed by atoms with Crippen molar-refractivity contribution in [1.29, 1.82) is 0 Å². The second kappa shape index (κ2) is 6.07. The number of nitrogens with one attached hydrogen (secondary N) is 2. The molecular formula is C15H18N2O3. The first-order chi connectivity index (χ1) is 9.83. The number of aromatic nitrogens is 1. The maximum absolute atomic E-state index is 12.0. The van der Waals surface area contributed by atoms with Gasteiger partial charge in [-0.25, -0.2) is 0 Å². The number of rotatable bonds is 4. The molecule has 5 heteroatoms. The first-order valence-corrected chi connectivity index (χ1v) is 6.84. The first kappa shape index (κ1) is 13.1. The smallest absolute Gasteiger partial charge is 0.224 e. The topological polar surface area (TPSA) is 63.4 Å². The molecule has 1 unspecified atom stereocenters. The average molecular weight is 274 g/mol. The van der Waals surface area contributed by atoms with Gasteiger partial charge in [0.2, 0.25) is 5.91 Å². The summed E-state index contributed by atoms with van der Waals surface area (Å²) in [6, 6.07) is 7.98. The number of H-pyrrole nitrogens is 1. The Bertz CT molecular complexity index is 588. The molecule has 1 aromatic carbocycles. The Hall–Kier alpha value is -1.85. The van der Waals surface area contributed by atoms with Crippen LogP contribution in [0.5, 0.6) is 0 Å². The third-order valence-corrected chi connectivity index (χ3v) is 3.44. The number of hydrogen-bond donors (Lipinski definition) is 2. The lowest BCUT2D eigenvalue weighted by Crippen LogP contribution is -2.40. The molecule has 1 aliphatic rings. The largest absolute Gasteiger partial charge is 0.376 e. The fourth-order valence-corrected chi connectivity index (χ4v) is 2.40. The zero-order valence-electron chi connectivity index (χ0n) is 11.2. The summed E-state index contributed by atoms with van der Waals surface area (Å²) in [4.78, 5) is 15.1. The summed E-state index contributed by atoms with van der Waals surface area (Å²) in [5.74, 6) is 0.00364. The van der Waals surface area contributed by atoms with Crippen LogP contribution in [0.2, 0.25) is 0 Å². The van der Waals surface area contributed by atoms with Crippen LogP contribution in [0.25, 0.3) is 10.9 Å². The summed E-state index contributed by atoms with van der Waals surface area (Å²) in [6.45, 7) is 2.29. The summed E-state index contributed by atoms with van der Waals surface area (Å²) < 4.78 is 10.8. The molecule has 0 aliphatic carbocycles. The lowest BCUT2D eigenvalue weighted by atomic mass is 10.1. The number of carbonyl (C=O) groups excluding carboxylic acids is 1. The molecule has 2 heterocycles. The number of carbonyl (C=O) groups is 1. The van der Waals surface area contributed by atoms with Gasteiger partial charge in [0.25, 0.3) is 0 Å².